The van der Waals surface area contributed by atoms with E-state index in [0.29, 0.717) is 12.0 Å². The van der Waals surface area contributed by atoms with Crippen LogP contribution in [0.5, 0.6) is 0 Å². The van der Waals surface area contributed by atoms with Gasteiger partial charge in [-0.15, -0.1) is 0 Å². The number of carbonyl (C=O) groups is 2. The van der Waals surface area contributed by atoms with Crippen LogP contribution in [0.25, 0.3) is 0 Å². The number of benzene rings is 1. The molecule has 1 aliphatic rings. The molecule has 1 aromatic carbocycles. The predicted octanol–water partition coefficient (Wildman–Crippen LogP) is 3.02. The highest BCUT2D eigenvalue weighted by molar-refractivity contribution is 9.08. The van der Waals surface area contributed by atoms with Gasteiger partial charge in [0.2, 0.25) is 0 Å². The van der Waals surface area contributed by atoms with Crippen molar-refractivity contribution < 1.29 is 9.59 Å². The number of amides is 3. The zero-order valence-corrected chi connectivity index (χ0v) is 11.4. The standard InChI is InChI=1S/C11H10BrClN2O2/c1-2-11(8-6-4-3-5-7-8)9(16)14(12)10(17)15(11)13/h3-7H,2H2,1H3. The van der Waals surface area contributed by atoms with Gasteiger partial charge in [-0.05, 0) is 12.0 Å². The van der Waals surface area contributed by atoms with Gasteiger partial charge >= 0.3 is 6.03 Å². The molecule has 4 nitrogen and oxygen atoms in total. The SMILES string of the molecule is CCC1(c2ccccc2)C(=O)N(Br)C(=O)N1Cl. The average molecular weight is 318 g/mol. The van der Waals surface area contributed by atoms with Gasteiger partial charge in [-0.3, -0.25) is 4.79 Å². The van der Waals surface area contributed by atoms with Crippen LogP contribution in [-0.2, 0) is 10.3 Å². The lowest BCUT2D eigenvalue weighted by atomic mass is 9.87. The van der Waals surface area contributed by atoms with Gasteiger partial charge in [0.15, 0.2) is 5.54 Å². The van der Waals surface area contributed by atoms with Gasteiger partial charge in [0.05, 0.1) is 16.1 Å². The molecule has 1 aliphatic heterocycles. The quantitative estimate of drug-likeness (QED) is 0.621. The molecule has 1 saturated heterocycles. The van der Waals surface area contributed by atoms with E-state index in [-0.39, 0.29) is 5.91 Å². The number of hydrogen-bond acceptors (Lipinski definition) is 2. The van der Waals surface area contributed by atoms with Gasteiger partial charge in [-0.2, -0.15) is 3.93 Å². The Labute approximate surface area is 113 Å². The van der Waals surface area contributed by atoms with Crippen LogP contribution in [0.3, 0.4) is 0 Å². The van der Waals surface area contributed by atoms with E-state index in [0.717, 1.165) is 8.34 Å². The van der Waals surface area contributed by atoms with Crippen LogP contribution in [0.15, 0.2) is 30.3 Å². The fourth-order valence-corrected chi connectivity index (χ4v) is 2.93. The van der Waals surface area contributed by atoms with Crippen LogP contribution >= 0.6 is 27.9 Å². The van der Waals surface area contributed by atoms with Crippen molar-refractivity contribution in [1.82, 2.24) is 8.34 Å². The Morgan fingerprint density at radius 2 is 1.88 bits per heavy atom. The maximum atomic E-state index is 12.2. The summed E-state index contributed by atoms with van der Waals surface area (Å²) in [5.74, 6) is -0.369. The number of carbonyl (C=O) groups excluding carboxylic acids is 2. The molecule has 0 N–H and O–H groups in total. The molecule has 1 aromatic rings. The second-order valence-corrected chi connectivity index (χ2v) is 4.78. The highest BCUT2D eigenvalue weighted by atomic mass is 79.9. The van der Waals surface area contributed by atoms with E-state index >= 15 is 0 Å². The first-order valence-electron chi connectivity index (χ1n) is 5.11. The van der Waals surface area contributed by atoms with Gasteiger partial charge in [-0.25, -0.2) is 9.21 Å². The molecule has 0 aliphatic carbocycles. The largest absolute Gasteiger partial charge is 0.353 e. The molecule has 90 valence electrons. The molecule has 1 fully saturated rings. The molecule has 2 rings (SSSR count). The van der Waals surface area contributed by atoms with Crippen LogP contribution in [0.1, 0.15) is 18.9 Å². The first kappa shape index (κ1) is 12.4. The molecule has 0 aromatic heterocycles. The van der Waals surface area contributed by atoms with Crippen molar-refractivity contribution in [2.45, 2.75) is 18.9 Å². The van der Waals surface area contributed by atoms with Crippen molar-refractivity contribution in [1.29, 1.82) is 0 Å². The highest BCUT2D eigenvalue weighted by Crippen LogP contribution is 2.42. The second-order valence-electron chi connectivity index (χ2n) is 3.73. The van der Waals surface area contributed by atoms with E-state index in [1.807, 2.05) is 25.1 Å². The zero-order chi connectivity index (χ0) is 12.6. The number of rotatable bonds is 2. The minimum atomic E-state index is -1.12. The summed E-state index contributed by atoms with van der Waals surface area (Å²) in [5, 5.41) is 0. The molecule has 6 heteroatoms. The Balaban J connectivity index is 2.59. The summed E-state index contributed by atoms with van der Waals surface area (Å²) >= 11 is 8.93. The second kappa shape index (κ2) is 4.31. The third kappa shape index (κ3) is 1.57. The lowest BCUT2D eigenvalue weighted by molar-refractivity contribution is -0.129. The maximum absolute atomic E-state index is 12.2. The molecule has 0 bridgehead atoms. The highest BCUT2D eigenvalue weighted by Gasteiger charge is 2.57. The minimum Gasteiger partial charge on any atom is -0.270 e. The first-order chi connectivity index (χ1) is 8.05. The van der Waals surface area contributed by atoms with Crippen molar-refractivity contribution in [3.05, 3.63) is 35.9 Å². The monoisotopic (exact) mass is 316 g/mol. The van der Waals surface area contributed by atoms with Gasteiger partial charge in [0.1, 0.15) is 0 Å². The van der Waals surface area contributed by atoms with E-state index in [9.17, 15) is 9.59 Å². The van der Waals surface area contributed by atoms with Crippen molar-refractivity contribution in [2.24, 2.45) is 0 Å². The summed E-state index contributed by atoms with van der Waals surface area (Å²) in [6, 6.07) is 8.48. The fraction of sp³-hybridized carbons (Fsp3) is 0.273. The molecular weight excluding hydrogens is 307 g/mol. The lowest BCUT2D eigenvalue weighted by Gasteiger charge is -2.29. The van der Waals surface area contributed by atoms with Crippen molar-refractivity contribution >= 4 is 39.9 Å². The summed E-state index contributed by atoms with van der Waals surface area (Å²) in [6.45, 7) is 1.82. The Kier molecular flexibility index (Phi) is 3.14. The third-order valence-corrected chi connectivity index (χ3v) is 4.02. The molecule has 1 unspecified atom stereocenters. The van der Waals surface area contributed by atoms with Gasteiger partial charge in [-0.1, -0.05) is 37.3 Å². The molecule has 0 saturated carbocycles. The number of urea groups is 1. The van der Waals surface area contributed by atoms with E-state index in [4.69, 9.17) is 11.8 Å². The maximum Gasteiger partial charge on any atom is 0.353 e. The molecule has 0 radical (unpaired) electrons. The lowest BCUT2D eigenvalue weighted by Crippen LogP contribution is -2.41. The Bertz CT molecular complexity index is 468. The number of halogens is 2. The Morgan fingerprint density at radius 1 is 1.29 bits per heavy atom. The van der Waals surface area contributed by atoms with Crippen LogP contribution in [0.2, 0.25) is 0 Å². The summed E-state index contributed by atoms with van der Waals surface area (Å²) in [5.41, 5.74) is -0.415. The van der Waals surface area contributed by atoms with Crippen molar-refractivity contribution in [3.8, 4) is 0 Å². The van der Waals surface area contributed by atoms with E-state index < -0.39 is 11.6 Å². The normalized spacial score (nSPS) is 24.6. The van der Waals surface area contributed by atoms with Gasteiger partial charge < -0.3 is 0 Å². The van der Waals surface area contributed by atoms with Crippen LogP contribution < -0.4 is 0 Å². The fourth-order valence-electron chi connectivity index (χ4n) is 2.02. The molecule has 17 heavy (non-hydrogen) atoms. The molecule has 0 spiro atoms. The van der Waals surface area contributed by atoms with E-state index in [1.165, 1.54) is 0 Å². The molecule has 1 heterocycles. The van der Waals surface area contributed by atoms with Crippen LogP contribution in [-0.4, -0.2) is 20.3 Å². The Morgan fingerprint density at radius 3 is 2.29 bits per heavy atom. The number of nitrogens with zero attached hydrogens (tertiary/aromatic N) is 2. The molecule has 1 atom stereocenters. The summed E-state index contributed by atoms with van der Waals surface area (Å²) < 4.78 is 1.83. The van der Waals surface area contributed by atoms with Crippen LogP contribution in [0, 0.1) is 0 Å². The molecular formula is C11H10BrClN2O2. The first-order valence-corrected chi connectivity index (χ1v) is 6.16. The summed E-state index contributed by atoms with van der Waals surface area (Å²) in [4.78, 5) is 23.9. The smallest absolute Gasteiger partial charge is 0.270 e. The Hall–Kier alpha value is -1.07. The van der Waals surface area contributed by atoms with E-state index in [2.05, 4.69) is 16.1 Å². The number of imide groups is 1. The van der Waals surface area contributed by atoms with Crippen molar-refractivity contribution in [3.63, 3.8) is 0 Å². The van der Waals surface area contributed by atoms with Crippen molar-refractivity contribution in [2.75, 3.05) is 0 Å². The van der Waals surface area contributed by atoms with E-state index in [1.54, 1.807) is 12.1 Å². The number of hydrogen-bond donors (Lipinski definition) is 0. The summed E-state index contributed by atoms with van der Waals surface area (Å²) in [6.07, 6.45) is 0.410. The topological polar surface area (TPSA) is 40.6 Å². The molecule has 3 amide bonds. The van der Waals surface area contributed by atoms with Crippen LogP contribution in [0.4, 0.5) is 4.79 Å². The predicted molar refractivity (Wildman–Crippen MR) is 67.3 cm³/mol. The van der Waals surface area contributed by atoms with Gasteiger partial charge in [0, 0.05) is 11.8 Å². The minimum absolute atomic E-state index is 0.369. The third-order valence-electron chi connectivity index (χ3n) is 2.97. The zero-order valence-electron chi connectivity index (χ0n) is 9.06. The summed E-state index contributed by atoms with van der Waals surface area (Å²) in [7, 11) is 0. The van der Waals surface area contributed by atoms with Gasteiger partial charge in [0.25, 0.3) is 5.91 Å². The average Bonchev–Trinajstić information content (AvgIpc) is 2.54.